The number of nitro benzene ring substituents is 1. The lowest BCUT2D eigenvalue weighted by Gasteiger charge is -2.31. The Bertz CT molecular complexity index is 681. The highest BCUT2D eigenvalue weighted by Gasteiger charge is 2.23. The van der Waals surface area contributed by atoms with Crippen LogP contribution in [0.3, 0.4) is 0 Å². The average molecular weight is 362 g/mol. The quantitative estimate of drug-likeness (QED) is 0.455. The van der Waals surface area contributed by atoms with E-state index in [1.165, 1.54) is 31.5 Å². The van der Waals surface area contributed by atoms with Gasteiger partial charge in [-0.2, -0.15) is 0 Å². The summed E-state index contributed by atoms with van der Waals surface area (Å²) in [5.74, 6) is -0.310. The molecule has 1 aromatic rings. The summed E-state index contributed by atoms with van der Waals surface area (Å²) in [4.78, 5) is 36.9. The van der Waals surface area contributed by atoms with Crippen molar-refractivity contribution in [3.05, 3.63) is 39.4 Å². The van der Waals surface area contributed by atoms with E-state index in [4.69, 9.17) is 0 Å². The third-order valence-corrected chi connectivity index (χ3v) is 5.08. The number of carbonyl (C=O) groups excluding carboxylic acids is 2. The molecule has 1 aliphatic rings. The maximum absolute atomic E-state index is 12.4. The first-order chi connectivity index (χ1) is 12.3. The number of nitro groups is 1. The van der Waals surface area contributed by atoms with Crippen LogP contribution in [0.4, 0.5) is 5.69 Å². The molecule has 1 aromatic carbocycles. The molecule has 1 aliphatic carbocycles. The van der Waals surface area contributed by atoms with Gasteiger partial charge in [0.15, 0.2) is 5.78 Å². The normalized spacial score (nSPS) is 16.1. The Morgan fingerprint density at radius 2 is 1.92 bits per heavy atom. The fraction of sp³-hybridized carbons (Fsp3) is 0.579. The second-order valence-corrected chi connectivity index (χ2v) is 6.93. The smallest absolute Gasteiger partial charge is 0.275 e. The molecule has 0 spiro atoms. The molecule has 0 heterocycles. The molecule has 1 atom stereocenters. The number of benzene rings is 1. The molecule has 26 heavy (non-hydrogen) atoms. The Morgan fingerprint density at radius 3 is 2.50 bits per heavy atom. The molecule has 2 rings (SSSR count). The van der Waals surface area contributed by atoms with E-state index in [0.29, 0.717) is 0 Å². The third kappa shape index (κ3) is 4.88. The first-order valence-corrected chi connectivity index (χ1v) is 9.06. The molecule has 0 radical (unpaired) electrons. The van der Waals surface area contributed by atoms with Gasteiger partial charge in [0.05, 0.1) is 16.6 Å². The molecule has 1 saturated carbocycles. The van der Waals surface area contributed by atoms with Gasteiger partial charge in [-0.15, -0.1) is 0 Å². The minimum Gasteiger partial charge on any atom is -0.388 e. The van der Waals surface area contributed by atoms with Crippen LogP contribution in [0.15, 0.2) is 18.2 Å². The highest BCUT2D eigenvalue weighted by Crippen LogP contribution is 2.27. The standard InChI is InChI=1S/C19H26N2O5/c1-13(22)16-12-14(8-9-17(16)21(25)26)18(23)10-11-19(24)20(2)15-6-4-3-5-7-15/h8-9,12-13,15,22H,3-7,10-11H2,1-2H3. The van der Waals surface area contributed by atoms with Crippen LogP contribution in [0.25, 0.3) is 0 Å². The second kappa shape index (κ2) is 8.89. The van der Waals surface area contributed by atoms with Crippen molar-refractivity contribution in [1.82, 2.24) is 4.90 Å². The number of aliphatic hydroxyl groups is 1. The second-order valence-electron chi connectivity index (χ2n) is 6.93. The van der Waals surface area contributed by atoms with E-state index in [9.17, 15) is 24.8 Å². The highest BCUT2D eigenvalue weighted by atomic mass is 16.6. The van der Waals surface area contributed by atoms with E-state index in [2.05, 4.69) is 0 Å². The molecule has 0 aromatic heterocycles. The topological polar surface area (TPSA) is 101 Å². The fourth-order valence-electron chi connectivity index (χ4n) is 3.44. The van der Waals surface area contributed by atoms with Crippen molar-refractivity contribution in [2.45, 2.75) is 64.0 Å². The number of aliphatic hydroxyl groups excluding tert-OH is 1. The first kappa shape index (κ1) is 20.0. The van der Waals surface area contributed by atoms with Crippen molar-refractivity contribution >= 4 is 17.4 Å². The van der Waals surface area contributed by atoms with E-state index >= 15 is 0 Å². The monoisotopic (exact) mass is 362 g/mol. The lowest BCUT2D eigenvalue weighted by atomic mass is 9.94. The summed E-state index contributed by atoms with van der Waals surface area (Å²) in [5.41, 5.74) is 0.163. The van der Waals surface area contributed by atoms with Crippen LogP contribution in [0.5, 0.6) is 0 Å². The van der Waals surface area contributed by atoms with Crippen LogP contribution < -0.4 is 0 Å². The maximum atomic E-state index is 12.4. The van der Waals surface area contributed by atoms with Crippen LogP contribution in [0.2, 0.25) is 0 Å². The van der Waals surface area contributed by atoms with Crippen LogP contribution >= 0.6 is 0 Å². The number of nitrogens with zero attached hydrogens (tertiary/aromatic N) is 2. The zero-order chi connectivity index (χ0) is 19.3. The minimum atomic E-state index is -1.05. The van der Waals surface area contributed by atoms with E-state index in [0.717, 1.165) is 25.7 Å². The SMILES string of the molecule is CC(O)c1cc(C(=O)CCC(=O)N(C)C2CCCCC2)ccc1[N+](=O)[O-]. The molecule has 7 nitrogen and oxygen atoms in total. The average Bonchev–Trinajstić information content (AvgIpc) is 2.65. The van der Waals surface area contributed by atoms with Gasteiger partial charge in [-0.3, -0.25) is 19.7 Å². The summed E-state index contributed by atoms with van der Waals surface area (Å²) in [5, 5.41) is 20.7. The van der Waals surface area contributed by atoms with Crippen molar-refractivity contribution < 1.29 is 19.6 Å². The summed E-state index contributed by atoms with van der Waals surface area (Å²) < 4.78 is 0. The Hall–Kier alpha value is -2.28. The lowest BCUT2D eigenvalue weighted by Crippen LogP contribution is -2.38. The molecule has 1 N–H and O–H groups in total. The summed E-state index contributed by atoms with van der Waals surface area (Å²) in [6, 6.07) is 4.21. The van der Waals surface area contributed by atoms with Crippen LogP contribution in [-0.2, 0) is 4.79 Å². The molecule has 0 saturated heterocycles. The number of hydrogen-bond acceptors (Lipinski definition) is 5. The van der Waals surface area contributed by atoms with Gasteiger partial charge in [-0.25, -0.2) is 0 Å². The van der Waals surface area contributed by atoms with Crippen LogP contribution in [-0.4, -0.2) is 39.7 Å². The number of hydrogen-bond donors (Lipinski definition) is 1. The molecule has 1 amide bonds. The molecule has 1 fully saturated rings. The minimum absolute atomic E-state index is 0.0486. The Kier molecular flexibility index (Phi) is 6.85. The van der Waals surface area contributed by atoms with Gasteiger partial charge >= 0.3 is 0 Å². The predicted molar refractivity (Wildman–Crippen MR) is 96.9 cm³/mol. The predicted octanol–water partition coefficient (Wildman–Crippen LogP) is 3.40. The van der Waals surface area contributed by atoms with Gasteiger partial charge in [0, 0.05) is 37.6 Å². The first-order valence-electron chi connectivity index (χ1n) is 9.06. The van der Waals surface area contributed by atoms with Gasteiger partial charge in [-0.05, 0) is 31.9 Å². The largest absolute Gasteiger partial charge is 0.388 e. The van der Waals surface area contributed by atoms with Gasteiger partial charge in [-0.1, -0.05) is 19.3 Å². The Labute approximate surface area is 153 Å². The molecular formula is C19H26N2O5. The molecule has 0 bridgehead atoms. The number of ketones is 1. The van der Waals surface area contributed by atoms with Crippen molar-refractivity contribution in [2.75, 3.05) is 7.05 Å². The lowest BCUT2D eigenvalue weighted by molar-refractivity contribution is -0.386. The van der Waals surface area contributed by atoms with E-state index in [1.54, 1.807) is 11.9 Å². The van der Waals surface area contributed by atoms with Crippen molar-refractivity contribution in [3.63, 3.8) is 0 Å². The van der Waals surface area contributed by atoms with E-state index in [-0.39, 0.29) is 47.4 Å². The molecule has 7 heteroatoms. The zero-order valence-corrected chi connectivity index (χ0v) is 15.3. The van der Waals surface area contributed by atoms with Gasteiger partial charge < -0.3 is 10.0 Å². The summed E-state index contributed by atoms with van der Waals surface area (Å²) in [6.07, 6.45) is 4.61. The van der Waals surface area contributed by atoms with Crippen molar-refractivity contribution in [2.24, 2.45) is 0 Å². The van der Waals surface area contributed by atoms with Gasteiger partial charge in [0.25, 0.3) is 5.69 Å². The zero-order valence-electron chi connectivity index (χ0n) is 15.3. The fourth-order valence-corrected chi connectivity index (χ4v) is 3.44. The maximum Gasteiger partial charge on any atom is 0.275 e. The van der Waals surface area contributed by atoms with Crippen molar-refractivity contribution in [3.8, 4) is 0 Å². The number of carbonyl (C=O) groups is 2. The van der Waals surface area contributed by atoms with Crippen LogP contribution in [0.1, 0.15) is 73.9 Å². The molecular weight excluding hydrogens is 336 g/mol. The summed E-state index contributed by atoms with van der Waals surface area (Å²) in [6.45, 7) is 1.42. The number of rotatable bonds is 7. The van der Waals surface area contributed by atoms with Gasteiger partial charge in [0.2, 0.25) is 5.91 Å². The van der Waals surface area contributed by atoms with Gasteiger partial charge in [0.1, 0.15) is 0 Å². The van der Waals surface area contributed by atoms with E-state index < -0.39 is 11.0 Å². The number of amides is 1. The number of Topliss-reactive ketones (excluding diaryl/α,β-unsaturated/α-hetero) is 1. The Balaban J connectivity index is 2.00. The molecule has 0 aliphatic heterocycles. The van der Waals surface area contributed by atoms with Crippen LogP contribution in [0, 0.1) is 10.1 Å². The third-order valence-electron chi connectivity index (χ3n) is 5.08. The Morgan fingerprint density at radius 1 is 1.27 bits per heavy atom. The summed E-state index contributed by atoms with van der Waals surface area (Å²) >= 11 is 0. The van der Waals surface area contributed by atoms with E-state index in [1.807, 2.05) is 0 Å². The summed E-state index contributed by atoms with van der Waals surface area (Å²) in [7, 11) is 1.79. The molecule has 142 valence electrons. The molecule has 1 unspecified atom stereocenters. The van der Waals surface area contributed by atoms with Crippen molar-refractivity contribution in [1.29, 1.82) is 0 Å². The highest BCUT2D eigenvalue weighted by molar-refractivity contribution is 5.98.